The predicted molar refractivity (Wildman–Crippen MR) is 95.3 cm³/mol. The molecule has 2 heterocycles. The largest absolute Gasteiger partial charge is 0.346 e. The second-order valence-electron chi connectivity index (χ2n) is 6.55. The highest BCUT2D eigenvalue weighted by atomic mass is 16.1. The van der Waals surface area contributed by atoms with Crippen molar-refractivity contribution in [2.45, 2.75) is 40.2 Å². The van der Waals surface area contributed by atoms with Crippen LogP contribution >= 0.6 is 0 Å². The summed E-state index contributed by atoms with van der Waals surface area (Å²) < 4.78 is 0. The number of nitrogens with zero attached hydrogens (tertiary/aromatic N) is 3. The number of hydrogen-bond acceptors (Lipinski definition) is 4. The van der Waals surface area contributed by atoms with Crippen molar-refractivity contribution in [3.63, 3.8) is 0 Å². The molecular weight excluding hydrogens is 300 g/mol. The fourth-order valence-corrected chi connectivity index (χ4v) is 3.14. The number of anilines is 1. The van der Waals surface area contributed by atoms with Crippen molar-refractivity contribution >= 4 is 11.9 Å². The number of hydrogen-bond donors (Lipinski definition) is 1. The standard InChI is InChI=1S/C19H24N4O/c1-13-8-14(2)10-16(9-13)18(24)20-12-17-11-15(3)21-19(22-17)23-6-4-5-7-23/h8-11H,4-7,12H2,1-3H3,(H,20,24). The molecule has 1 fully saturated rings. The van der Waals surface area contributed by atoms with Crippen molar-refractivity contribution < 1.29 is 4.79 Å². The minimum absolute atomic E-state index is 0.0687. The molecule has 1 aliphatic rings. The number of aryl methyl sites for hydroxylation is 3. The van der Waals surface area contributed by atoms with Crippen LogP contribution in [0.25, 0.3) is 0 Å². The van der Waals surface area contributed by atoms with E-state index in [0.29, 0.717) is 12.1 Å². The summed E-state index contributed by atoms with van der Waals surface area (Å²) in [5.41, 5.74) is 4.66. The minimum atomic E-state index is -0.0687. The first-order chi connectivity index (χ1) is 11.5. The van der Waals surface area contributed by atoms with Gasteiger partial charge >= 0.3 is 0 Å². The van der Waals surface area contributed by atoms with Crippen molar-refractivity contribution in [2.75, 3.05) is 18.0 Å². The van der Waals surface area contributed by atoms with E-state index in [1.54, 1.807) is 0 Å². The monoisotopic (exact) mass is 324 g/mol. The van der Waals surface area contributed by atoms with Gasteiger partial charge in [-0.25, -0.2) is 9.97 Å². The first-order valence-corrected chi connectivity index (χ1v) is 8.47. The fourth-order valence-electron chi connectivity index (χ4n) is 3.14. The first-order valence-electron chi connectivity index (χ1n) is 8.47. The van der Waals surface area contributed by atoms with E-state index >= 15 is 0 Å². The molecule has 5 heteroatoms. The molecule has 5 nitrogen and oxygen atoms in total. The van der Waals surface area contributed by atoms with Crippen molar-refractivity contribution in [1.82, 2.24) is 15.3 Å². The zero-order valence-corrected chi connectivity index (χ0v) is 14.6. The third kappa shape index (κ3) is 3.91. The van der Waals surface area contributed by atoms with Gasteiger partial charge in [-0.05, 0) is 51.8 Å². The van der Waals surface area contributed by atoms with E-state index in [9.17, 15) is 4.79 Å². The molecule has 126 valence electrons. The van der Waals surface area contributed by atoms with E-state index in [2.05, 4.69) is 26.3 Å². The highest BCUT2D eigenvalue weighted by molar-refractivity contribution is 5.94. The smallest absolute Gasteiger partial charge is 0.251 e. The number of rotatable bonds is 4. The molecule has 1 aliphatic heterocycles. The summed E-state index contributed by atoms with van der Waals surface area (Å²) in [6, 6.07) is 7.81. The highest BCUT2D eigenvalue weighted by Crippen LogP contribution is 2.17. The molecule has 24 heavy (non-hydrogen) atoms. The van der Waals surface area contributed by atoms with E-state index in [-0.39, 0.29) is 5.91 Å². The lowest BCUT2D eigenvalue weighted by atomic mass is 10.1. The molecule has 2 aromatic rings. The van der Waals surface area contributed by atoms with Crippen LogP contribution in [0.1, 0.15) is 45.7 Å². The van der Waals surface area contributed by atoms with Gasteiger partial charge < -0.3 is 10.2 Å². The number of carbonyl (C=O) groups is 1. The molecule has 1 amide bonds. The van der Waals surface area contributed by atoms with Gasteiger partial charge in [0, 0.05) is 24.3 Å². The van der Waals surface area contributed by atoms with Crippen LogP contribution in [0.3, 0.4) is 0 Å². The van der Waals surface area contributed by atoms with E-state index in [1.165, 1.54) is 12.8 Å². The summed E-state index contributed by atoms with van der Waals surface area (Å²) in [5, 5.41) is 2.97. The van der Waals surface area contributed by atoms with Crippen LogP contribution < -0.4 is 10.2 Å². The Morgan fingerprint density at radius 3 is 2.38 bits per heavy atom. The molecular formula is C19H24N4O. The highest BCUT2D eigenvalue weighted by Gasteiger charge is 2.16. The summed E-state index contributed by atoms with van der Waals surface area (Å²) in [5.74, 6) is 0.712. The Kier molecular flexibility index (Phi) is 4.79. The third-order valence-electron chi connectivity index (χ3n) is 4.20. The summed E-state index contributed by atoms with van der Waals surface area (Å²) in [4.78, 5) is 23.7. The molecule has 0 unspecified atom stereocenters. The Labute approximate surface area is 143 Å². The average Bonchev–Trinajstić information content (AvgIpc) is 3.05. The number of carbonyl (C=O) groups excluding carboxylic acids is 1. The van der Waals surface area contributed by atoms with Gasteiger partial charge in [0.1, 0.15) is 0 Å². The van der Waals surface area contributed by atoms with Gasteiger partial charge in [0.2, 0.25) is 5.95 Å². The Morgan fingerprint density at radius 2 is 1.71 bits per heavy atom. The number of nitrogens with one attached hydrogen (secondary N) is 1. The normalized spacial score (nSPS) is 14.0. The van der Waals surface area contributed by atoms with Crippen molar-refractivity contribution in [1.29, 1.82) is 0 Å². The second-order valence-corrected chi connectivity index (χ2v) is 6.55. The Bertz CT molecular complexity index is 731. The van der Waals surface area contributed by atoms with Gasteiger partial charge in [-0.15, -0.1) is 0 Å². The van der Waals surface area contributed by atoms with E-state index in [4.69, 9.17) is 0 Å². The van der Waals surface area contributed by atoms with Crippen molar-refractivity contribution in [2.24, 2.45) is 0 Å². The minimum Gasteiger partial charge on any atom is -0.346 e. The van der Waals surface area contributed by atoms with Crippen LogP contribution in [-0.2, 0) is 6.54 Å². The molecule has 0 saturated carbocycles. The summed E-state index contributed by atoms with van der Waals surface area (Å²) in [6.45, 7) is 8.40. The molecule has 0 bridgehead atoms. The topological polar surface area (TPSA) is 58.1 Å². The third-order valence-corrected chi connectivity index (χ3v) is 4.20. The Balaban J connectivity index is 1.70. The number of aromatic nitrogens is 2. The van der Waals surface area contributed by atoms with E-state index in [0.717, 1.165) is 41.6 Å². The van der Waals surface area contributed by atoms with Gasteiger partial charge in [0.15, 0.2) is 0 Å². The molecule has 0 atom stereocenters. The van der Waals surface area contributed by atoms with Crippen LogP contribution in [0.15, 0.2) is 24.3 Å². The lowest BCUT2D eigenvalue weighted by molar-refractivity contribution is 0.0950. The molecule has 1 N–H and O–H groups in total. The van der Waals surface area contributed by atoms with Gasteiger partial charge in [0.05, 0.1) is 12.2 Å². The molecule has 0 radical (unpaired) electrons. The van der Waals surface area contributed by atoms with Crippen molar-refractivity contribution in [3.05, 3.63) is 52.3 Å². The van der Waals surface area contributed by atoms with Crippen LogP contribution in [0.4, 0.5) is 5.95 Å². The molecule has 1 saturated heterocycles. The van der Waals surface area contributed by atoms with Crippen molar-refractivity contribution in [3.8, 4) is 0 Å². The molecule has 0 aliphatic carbocycles. The van der Waals surface area contributed by atoms with Gasteiger partial charge in [0.25, 0.3) is 5.91 Å². The molecule has 0 spiro atoms. The maximum atomic E-state index is 12.4. The summed E-state index contributed by atoms with van der Waals surface area (Å²) in [6.07, 6.45) is 2.38. The SMILES string of the molecule is Cc1cc(C)cc(C(=O)NCc2cc(C)nc(N3CCCC3)n2)c1. The van der Waals surface area contributed by atoms with Crippen LogP contribution in [0, 0.1) is 20.8 Å². The van der Waals surface area contributed by atoms with Crippen LogP contribution in [-0.4, -0.2) is 29.0 Å². The van der Waals surface area contributed by atoms with Gasteiger partial charge in [-0.2, -0.15) is 0 Å². The quantitative estimate of drug-likeness (QED) is 0.939. The molecule has 1 aromatic carbocycles. The first kappa shape index (κ1) is 16.4. The lowest BCUT2D eigenvalue weighted by Crippen LogP contribution is -2.25. The number of amides is 1. The van der Waals surface area contributed by atoms with Gasteiger partial charge in [-0.1, -0.05) is 17.2 Å². The zero-order valence-electron chi connectivity index (χ0n) is 14.6. The van der Waals surface area contributed by atoms with Crippen LogP contribution in [0.2, 0.25) is 0 Å². The van der Waals surface area contributed by atoms with Crippen LogP contribution in [0.5, 0.6) is 0 Å². The number of benzene rings is 1. The van der Waals surface area contributed by atoms with Gasteiger partial charge in [-0.3, -0.25) is 4.79 Å². The Morgan fingerprint density at radius 1 is 1.04 bits per heavy atom. The predicted octanol–water partition coefficient (Wildman–Crippen LogP) is 2.93. The maximum Gasteiger partial charge on any atom is 0.251 e. The average molecular weight is 324 g/mol. The van der Waals surface area contributed by atoms with E-state index in [1.807, 2.05) is 39.0 Å². The molecule has 3 rings (SSSR count). The fraction of sp³-hybridized carbons (Fsp3) is 0.421. The summed E-state index contributed by atoms with van der Waals surface area (Å²) >= 11 is 0. The lowest BCUT2D eigenvalue weighted by Gasteiger charge is -2.16. The maximum absolute atomic E-state index is 12.4. The zero-order chi connectivity index (χ0) is 17.1. The Hall–Kier alpha value is -2.43. The van der Waals surface area contributed by atoms with E-state index < -0.39 is 0 Å². The summed E-state index contributed by atoms with van der Waals surface area (Å²) in [7, 11) is 0. The second kappa shape index (κ2) is 6.99. The molecule has 1 aromatic heterocycles.